The average molecular weight is 482 g/mol. The Morgan fingerprint density at radius 1 is 0.969 bits per heavy atom. The summed E-state index contributed by atoms with van der Waals surface area (Å²) in [6.45, 7) is 1.48. The highest BCUT2D eigenvalue weighted by atomic mass is 35.5. The summed E-state index contributed by atoms with van der Waals surface area (Å²) in [6.07, 6.45) is 9.81. The molecule has 1 aliphatic carbocycles. The third-order valence-electron chi connectivity index (χ3n) is 5.83. The van der Waals surface area contributed by atoms with Gasteiger partial charge in [0.25, 0.3) is 0 Å². The molecule has 1 saturated heterocycles. The highest BCUT2D eigenvalue weighted by Crippen LogP contribution is 2.23. The second-order valence-corrected chi connectivity index (χ2v) is 8.93. The topological polar surface area (TPSA) is 73.5 Å². The molecular weight excluding hydrogens is 447 g/mol. The lowest BCUT2D eigenvalue weighted by Crippen LogP contribution is -2.49. The van der Waals surface area contributed by atoms with Gasteiger partial charge in [0.2, 0.25) is 0 Å². The molecule has 3 N–H and O–H groups in total. The van der Waals surface area contributed by atoms with E-state index in [-0.39, 0.29) is 33.0 Å². The van der Waals surface area contributed by atoms with E-state index in [1.807, 2.05) is 6.07 Å². The van der Waals surface area contributed by atoms with Gasteiger partial charge in [0.15, 0.2) is 0 Å². The minimum atomic E-state index is -0.161. The molecule has 32 heavy (non-hydrogen) atoms. The Bertz CT molecular complexity index is 724. The number of likely N-dealkylation sites (tertiary alicyclic amines) is 1. The quantitative estimate of drug-likeness (QED) is 0.489. The molecule has 1 aliphatic heterocycles. The van der Waals surface area contributed by atoms with Gasteiger partial charge < -0.3 is 20.9 Å². The van der Waals surface area contributed by atoms with E-state index >= 15 is 0 Å². The van der Waals surface area contributed by atoms with Crippen LogP contribution in [0.1, 0.15) is 63.4 Å². The average Bonchev–Trinajstić information content (AvgIpc) is 3.16. The Balaban J connectivity index is 0.00000256. The first-order valence-corrected chi connectivity index (χ1v) is 11.7. The largest absolute Gasteiger partial charge is 0.336 e. The number of hydrogen-bond donors (Lipinski definition) is 3. The maximum Gasteiger partial charge on any atom is 0.317 e. The zero-order valence-corrected chi connectivity index (χ0v) is 20.2. The van der Waals surface area contributed by atoms with E-state index in [1.54, 1.807) is 17.0 Å². The molecule has 1 unspecified atom stereocenters. The van der Waals surface area contributed by atoms with E-state index < -0.39 is 0 Å². The lowest BCUT2D eigenvalue weighted by molar-refractivity contribution is 0.190. The highest BCUT2D eigenvalue weighted by Gasteiger charge is 2.29. The second-order valence-electron chi connectivity index (χ2n) is 8.09. The molecule has 3 rings (SSSR count). The van der Waals surface area contributed by atoms with Crippen LogP contribution in [0, 0.1) is 20.9 Å². The third-order valence-corrected chi connectivity index (χ3v) is 6.42. The summed E-state index contributed by atoms with van der Waals surface area (Å²) in [5.41, 5.74) is 0.818. The van der Waals surface area contributed by atoms with Gasteiger partial charge >= 0.3 is 12.1 Å². The molecule has 8 heteroatoms. The van der Waals surface area contributed by atoms with Crippen LogP contribution in [0.2, 0.25) is 10.0 Å². The first kappa shape index (κ1) is 28.4. The molecule has 0 spiro atoms. The van der Waals surface area contributed by atoms with E-state index in [2.05, 4.69) is 16.0 Å². The first-order valence-electron chi connectivity index (χ1n) is 10.9. The third kappa shape index (κ3) is 8.70. The standard InChI is InChI=1S/C22H31Cl2N4O2.2CH2/c23-17-11-10-16(20(24)13-17)14-26-22(30)28-12-6-9-19(28)15-25-21(29)27-18-7-4-2-1-3-5-8-18;;/h10-11,13,19H,1-9,12,14-15H2,(H,26,30)(H2,25,27,29);2*1H2. The molecule has 0 bridgehead atoms. The Labute approximate surface area is 203 Å². The normalized spacial score (nSPS) is 19.1. The van der Waals surface area contributed by atoms with Gasteiger partial charge in [-0.05, 0) is 43.4 Å². The lowest BCUT2D eigenvalue weighted by Gasteiger charge is -2.26. The van der Waals surface area contributed by atoms with E-state index in [0.717, 1.165) is 50.1 Å². The monoisotopic (exact) mass is 481 g/mol. The molecule has 2 aliphatic rings. The Hall–Kier alpha value is -1.66. The van der Waals surface area contributed by atoms with Crippen molar-refractivity contribution < 1.29 is 9.59 Å². The summed E-state index contributed by atoms with van der Waals surface area (Å²) >= 11 is 12.1. The van der Waals surface area contributed by atoms with Crippen LogP contribution in [0.25, 0.3) is 0 Å². The minimum Gasteiger partial charge on any atom is -0.336 e. The van der Waals surface area contributed by atoms with Crippen molar-refractivity contribution in [2.45, 2.75) is 70.4 Å². The maximum atomic E-state index is 12.7. The van der Waals surface area contributed by atoms with Gasteiger partial charge in [-0.2, -0.15) is 0 Å². The number of halogens is 2. The summed E-state index contributed by atoms with van der Waals surface area (Å²) in [5, 5.41) is 10.0. The van der Waals surface area contributed by atoms with Gasteiger partial charge in [-0.25, -0.2) is 9.59 Å². The fourth-order valence-corrected chi connectivity index (χ4v) is 4.60. The Morgan fingerprint density at radius 3 is 2.34 bits per heavy atom. The van der Waals surface area contributed by atoms with Gasteiger partial charge in [0.1, 0.15) is 0 Å². The van der Waals surface area contributed by atoms with Gasteiger partial charge in [-0.3, -0.25) is 0 Å². The van der Waals surface area contributed by atoms with Crippen molar-refractivity contribution in [3.63, 3.8) is 0 Å². The zero-order chi connectivity index (χ0) is 21.3. The molecule has 1 atom stereocenters. The molecule has 0 aromatic heterocycles. The number of urea groups is 2. The number of nitrogens with one attached hydrogen (secondary N) is 3. The van der Waals surface area contributed by atoms with Crippen LogP contribution in [0.5, 0.6) is 0 Å². The summed E-state index contributed by atoms with van der Waals surface area (Å²) in [4.78, 5) is 26.8. The highest BCUT2D eigenvalue weighted by molar-refractivity contribution is 6.35. The molecular formula is C24H35Cl2N4O2. The van der Waals surface area contributed by atoms with Crippen LogP contribution in [-0.2, 0) is 6.54 Å². The fourth-order valence-electron chi connectivity index (χ4n) is 4.13. The van der Waals surface area contributed by atoms with Crippen molar-refractivity contribution in [1.29, 1.82) is 0 Å². The smallest absolute Gasteiger partial charge is 0.317 e. The van der Waals surface area contributed by atoms with E-state index in [0.29, 0.717) is 29.7 Å². The molecule has 1 aromatic carbocycles. The molecule has 4 amide bonds. The van der Waals surface area contributed by atoms with Crippen LogP contribution in [0.3, 0.4) is 0 Å². The van der Waals surface area contributed by atoms with Crippen LogP contribution >= 0.6 is 23.2 Å². The number of nitrogens with zero attached hydrogens (tertiary/aromatic N) is 1. The first-order chi connectivity index (χ1) is 14.5. The summed E-state index contributed by atoms with van der Waals surface area (Å²) in [6, 6.07) is 6.06. The minimum absolute atomic E-state index is 0. The summed E-state index contributed by atoms with van der Waals surface area (Å²) in [7, 11) is 0. The molecule has 1 heterocycles. The van der Waals surface area contributed by atoms with Crippen molar-refractivity contribution in [2.75, 3.05) is 13.1 Å². The predicted octanol–water partition coefficient (Wildman–Crippen LogP) is 5.90. The molecule has 5 radical (unpaired) electrons. The van der Waals surface area contributed by atoms with Crippen molar-refractivity contribution >= 4 is 35.3 Å². The summed E-state index contributed by atoms with van der Waals surface area (Å²) < 4.78 is 0. The number of rotatable bonds is 5. The van der Waals surface area contributed by atoms with Crippen molar-refractivity contribution in [1.82, 2.24) is 20.9 Å². The maximum absolute atomic E-state index is 12.7. The van der Waals surface area contributed by atoms with E-state index in [9.17, 15) is 9.59 Å². The van der Waals surface area contributed by atoms with Crippen LogP contribution < -0.4 is 16.0 Å². The summed E-state index contributed by atoms with van der Waals surface area (Å²) in [5.74, 6) is 0. The lowest BCUT2D eigenvalue weighted by atomic mass is 9.97. The second kappa shape index (κ2) is 14.5. The van der Waals surface area contributed by atoms with Crippen molar-refractivity contribution in [3.05, 3.63) is 54.7 Å². The van der Waals surface area contributed by atoms with Crippen molar-refractivity contribution in [3.8, 4) is 0 Å². The van der Waals surface area contributed by atoms with Crippen molar-refractivity contribution in [2.24, 2.45) is 0 Å². The number of carbonyl (C=O) groups excluding carboxylic acids is 2. The molecule has 177 valence electrons. The molecule has 2 fully saturated rings. The van der Waals surface area contributed by atoms with Crippen LogP contribution in [-0.4, -0.2) is 36.1 Å². The van der Waals surface area contributed by atoms with Gasteiger partial charge in [-0.15, -0.1) is 0 Å². The molecule has 6 nitrogen and oxygen atoms in total. The van der Waals surface area contributed by atoms with Gasteiger partial charge in [0, 0.05) is 29.7 Å². The number of hydrogen-bond acceptors (Lipinski definition) is 2. The Morgan fingerprint density at radius 2 is 1.66 bits per heavy atom. The number of amides is 4. The van der Waals surface area contributed by atoms with Crippen LogP contribution in [0.15, 0.2) is 18.2 Å². The predicted molar refractivity (Wildman–Crippen MR) is 131 cm³/mol. The van der Waals surface area contributed by atoms with E-state index in [4.69, 9.17) is 23.2 Å². The van der Waals surface area contributed by atoms with Gasteiger partial charge in [0.05, 0.1) is 12.1 Å². The number of benzene rings is 1. The molecule has 1 saturated carbocycles. The van der Waals surface area contributed by atoms with E-state index in [1.165, 1.54) is 19.3 Å². The Kier molecular flexibility index (Phi) is 12.8. The molecule has 1 aromatic rings. The SMILES string of the molecule is O=C(NCC1CCCN1C(=O)NCc1ccc(Cl)cc1Cl)N[C]1CCCCCCC1.[CH2].[CH2]. The zero-order valence-electron chi connectivity index (χ0n) is 18.7. The fraction of sp³-hybridized carbons (Fsp3) is 0.542. The number of carbonyl (C=O) groups is 2. The van der Waals surface area contributed by atoms with Gasteiger partial charge in [-0.1, -0.05) is 76.2 Å². The van der Waals surface area contributed by atoms with Crippen LogP contribution in [0.4, 0.5) is 9.59 Å².